The highest BCUT2D eigenvalue weighted by Gasteiger charge is 2.25. The van der Waals surface area contributed by atoms with Crippen molar-refractivity contribution >= 4 is 5.69 Å². The maximum Gasteiger partial charge on any atom is 0.0887 e. The molecule has 0 saturated carbocycles. The Morgan fingerprint density at radius 3 is 2.11 bits per heavy atom. The summed E-state index contributed by atoms with van der Waals surface area (Å²) in [6.45, 7) is 3.95. The Balaban J connectivity index is 2.00. The fourth-order valence-corrected chi connectivity index (χ4v) is 2.38. The molecule has 19 heavy (non-hydrogen) atoms. The highest BCUT2D eigenvalue weighted by molar-refractivity contribution is 5.43. The molecule has 0 aromatic heterocycles. The molecule has 0 unspecified atom stereocenters. The number of hydrogen-bond donors (Lipinski definition) is 2. The fourth-order valence-electron chi connectivity index (χ4n) is 2.38. The molecule has 2 aromatic rings. The van der Waals surface area contributed by atoms with Gasteiger partial charge in [0.05, 0.1) is 5.60 Å². The number of benzene rings is 2. The third-order valence-electron chi connectivity index (χ3n) is 3.29. The molecule has 0 aliphatic rings. The fraction of sp³-hybridized carbons (Fsp3) is 0.294. The summed E-state index contributed by atoms with van der Waals surface area (Å²) in [6, 6.07) is 20.1. The van der Waals surface area contributed by atoms with E-state index in [1.165, 1.54) is 0 Å². The van der Waals surface area contributed by atoms with Gasteiger partial charge in [-0.1, -0.05) is 48.5 Å². The molecule has 0 radical (unpaired) electrons. The first-order valence-corrected chi connectivity index (χ1v) is 6.67. The van der Waals surface area contributed by atoms with Gasteiger partial charge >= 0.3 is 0 Å². The van der Waals surface area contributed by atoms with E-state index in [1.54, 1.807) is 0 Å². The molecule has 2 nitrogen and oxygen atoms in total. The molecule has 0 fully saturated rings. The van der Waals surface area contributed by atoms with E-state index in [0.717, 1.165) is 11.3 Å². The van der Waals surface area contributed by atoms with Gasteiger partial charge in [-0.3, -0.25) is 0 Å². The summed E-state index contributed by atoms with van der Waals surface area (Å²) in [5, 5.41) is 14.0. The average molecular weight is 255 g/mol. The Morgan fingerprint density at radius 1 is 1.00 bits per heavy atom. The molecule has 0 saturated heterocycles. The molecule has 2 rings (SSSR count). The SMILES string of the molecule is C[C@@H](C[C@@](C)(O)c1ccccc1)Nc1ccccc1. The Kier molecular flexibility index (Phi) is 4.23. The summed E-state index contributed by atoms with van der Waals surface area (Å²) in [5.41, 5.74) is 1.22. The number of nitrogens with one attached hydrogen (secondary N) is 1. The largest absolute Gasteiger partial charge is 0.385 e. The normalized spacial score (nSPS) is 15.5. The first kappa shape index (κ1) is 13.6. The smallest absolute Gasteiger partial charge is 0.0887 e. The van der Waals surface area contributed by atoms with E-state index in [0.29, 0.717) is 6.42 Å². The lowest BCUT2D eigenvalue weighted by Gasteiger charge is -2.28. The van der Waals surface area contributed by atoms with Crippen molar-refractivity contribution in [2.45, 2.75) is 31.9 Å². The van der Waals surface area contributed by atoms with Crippen LogP contribution in [0.3, 0.4) is 0 Å². The second-order valence-corrected chi connectivity index (χ2v) is 5.26. The maximum absolute atomic E-state index is 10.6. The van der Waals surface area contributed by atoms with E-state index in [-0.39, 0.29) is 6.04 Å². The quantitative estimate of drug-likeness (QED) is 0.852. The lowest BCUT2D eigenvalue weighted by molar-refractivity contribution is 0.0441. The monoisotopic (exact) mass is 255 g/mol. The van der Waals surface area contributed by atoms with Gasteiger partial charge in [0, 0.05) is 11.7 Å². The summed E-state index contributed by atoms with van der Waals surface area (Å²) in [4.78, 5) is 0. The zero-order valence-corrected chi connectivity index (χ0v) is 11.5. The molecule has 0 heterocycles. The summed E-state index contributed by atoms with van der Waals surface area (Å²) in [6.07, 6.45) is 0.659. The van der Waals surface area contributed by atoms with Crippen LogP contribution in [0.5, 0.6) is 0 Å². The van der Waals surface area contributed by atoms with Crippen LogP contribution in [0.1, 0.15) is 25.8 Å². The number of aliphatic hydroxyl groups is 1. The lowest BCUT2D eigenvalue weighted by Crippen LogP contribution is -2.30. The molecular formula is C17H21NO. The highest BCUT2D eigenvalue weighted by Crippen LogP contribution is 2.26. The number of rotatable bonds is 5. The molecule has 0 amide bonds. The molecule has 0 aliphatic carbocycles. The van der Waals surface area contributed by atoms with Crippen LogP contribution < -0.4 is 5.32 Å². The van der Waals surface area contributed by atoms with Crippen molar-refractivity contribution in [3.8, 4) is 0 Å². The van der Waals surface area contributed by atoms with Gasteiger partial charge in [-0.05, 0) is 38.0 Å². The van der Waals surface area contributed by atoms with E-state index in [2.05, 4.69) is 12.2 Å². The molecule has 2 aromatic carbocycles. The van der Waals surface area contributed by atoms with Crippen LogP contribution in [0.15, 0.2) is 60.7 Å². The Hall–Kier alpha value is -1.80. The molecule has 2 heteroatoms. The van der Waals surface area contributed by atoms with Crippen molar-refractivity contribution < 1.29 is 5.11 Å². The van der Waals surface area contributed by atoms with Crippen molar-refractivity contribution in [2.75, 3.05) is 5.32 Å². The summed E-state index contributed by atoms with van der Waals surface area (Å²) in [7, 11) is 0. The third kappa shape index (κ3) is 3.83. The van der Waals surface area contributed by atoms with Gasteiger partial charge in [0.2, 0.25) is 0 Å². The topological polar surface area (TPSA) is 32.3 Å². The first-order valence-electron chi connectivity index (χ1n) is 6.67. The van der Waals surface area contributed by atoms with E-state index in [4.69, 9.17) is 0 Å². The average Bonchev–Trinajstić information content (AvgIpc) is 2.40. The molecule has 0 spiro atoms. The van der Waals surface area contributed by atoms with Crippen molar-refractivity contribution in [1.29, 1.82) is 0 Å². The van der Waals surface area contributed by atoms with Crippen LogP contribution >= 0.6 is 0 Å². The van der Waals surface area contributed by atoms with E-state index in [9.17, 15) is 5.11 Å². The summed E-state index contributed by atoms with van der Waals surface area (Å²) < 4.78 is 0. The number of para-hydroxylation sites is 1. The van der Waals surface area contributed by atoms with Gasteiger partial charge in [-0.25, -0.2) is 0 Å². The highest BCUT2D eigenvalue weighted by atomic mass is 16.3. The first-order chi connectivity index (χ1) is 9.08. The van der Waals surface area contributed by atoms with Gasteiger partial charge in [-0.15, -0.1) is 0 Å². The Bertz CT molecular complexity index is 493. The minimum atomic E-state index is -0.817. The van der Waals surface area contributed by atoms with Crippen LogP contribution in [-0.4, -0.2) is 11.1 Å². The Labute approximate surface area is 115 Å². The molecule has 2 atom stereocenters. The van der Waals surface area contributed by atoms with Crippen LogP contribution in [0, 0.1) is 0 Å². The third-order valence-corrected chi connectivity index (χ3v) is 3.29. The number of hydrogen-bond acceptors (Lipinski definition) is 2. The van der Waals surface area contributed by atoms with Gasteiger partial charge < -0.3 is 10.4 Å². The Morgan fingerprint density at radius 2 is 1.53 bits per heavy atom. The second-order valence-electron chi connectivity index (χ2n) is 5.26. The number of anilines is 1. The predicted molar refractivity (Wildman–Crippen MR) is 80.2 cm³/mol. The minimum absolute atomic E-state index is 0.192. The zero-order chi connectivity index (χ0) is 13.7. The van der Waals surface area contributed by atoms with Crippen LogP contribution in [0.4, 0.5) is 5.69 Å². The van der Waals surface area contributed by atoms with Crippen molar-refractivity contribution in [3.63, 3.8) is 0 Å². The molecule has 0 bridgehead atoms. The molecule has 2 N–H and O–H groups in total. The van der Waals surface area contributed by atoms with E-state index in [1.807, 2.05) is 67.6 Å². The van der Waals surface area contributed by atoms with Gasteiger partial charge in [0.15, 0.2) is 0 Å². The van der Waals surface area contributed by atoms with Crippen molar-refractivity contribution in [1.82, 2.24) is 0 Å². The summed E-state index contributed by atoms with van der Waals surface area (Å²) in [5.74, 6) is 0. The van der Waals surface area contributed by atoms with Crippen LogP contribution in [0.2, 0.25) is 0 Å². The van der Waals surface area contributed by atoms with Gasteiger partial charge in [0.1, 0.15) is 0 Å². The maximum atomic E-state index is 10.6. The van der Waals surface area contributed by atoms with E-state index < -0.39 is 5.60 Å². The van der Waals surface area contributed by atoms with Crippen LogP contribution in [0.25, 0.3) is 0 Å². The van der Waals surface area contributed by atoms with Crippen LogP contribution in [-0.2, 0) is 5.60 Å². The lowest BCUT2D eigenvalue weighted by atomic mass is 9.89. The minimum Gasteiger partial charge on any atom is -0.385 e. The predicted octanol–water partition coefficient (Wildman–Crippen LogP) is 3.78. The molecule has 100 valence electrons. The second kappa shape index (κ2) is 5.89. The van der Waals surface area contributed by atoms with Crippen molar-refractivity contribution in [2.24, 2.45) is 0 Å². The molecular weight excluding hydrogens is 234 g/mol. The van der Waals surface area contributed by atoms with Gasteiger partial charge in [0.25, 0.3) is 0 Å². The zero-order valence-electron chi connectivity index (χ0n) is 11.5. The summed E-state index contributed by atoms with van der Waals surface area (Å²) >= 11 is 0. The van der Waals surface area contributed by atoms with E-state index >= 15 is 0 Å². The van der Waals surface area contributed by atoms with Crippen molar-refractivity contribution in [3.05, 3.63) is 66.2 Å². The van der Waals surface area contributed by atoms with Gasteiger partial charge in [-0.2, -0.15) is 0 Å². The standard InChI is InChI=1S/C17H21NO/c1-14(18-16-11-7-4-8-12-16)13-17(2,19)15-9-5-3-6-10-15/h3-12,14,18-19H,13H2,1-2H3/t14-,17+/m0/s1. The molecule has 0 aliphatic heterocycles.